The monoisotopic (exact) mass is 475 g/mol. The molecule has 0 aromatic carbocycles. The van der Waals surface area contributed by atoms with E-state index in [-0.39, 0.29) is 0 Å². The Morgan fingerprint density at radius 3 is 1.41 bits per heavy atom. The van der Waals surface area contributed by atoms with Gasteiger partial charge in [0.1, 0.15) is 12.4 Å². The molecule has 0 aliphatic heterocycles. The molecule has 0 bridgehead atoms. The predicted octanol–water partition coefficient (Wildman–Crippen LogP) is 10.4. The molecule has 0 amide bonds. The highest BCUT2D eigenvalue weighted by atomic mass is 15.1. The van der Waals surface area contributed by atoms with Crippen LogP contribution in [0.5, 0.6) is 0 Å². The molecule has 0 unspecified atom stereocenters. The van der Waals surface area contributed by atoms with Crippen molar-refractivity contribution in [2.45, 2.75) is 188 Å². The van der Waals surface area contributed by atoms with Gasteiger partial charge in [-0.1, -0.05) is 136 Å². The first-order chi connectivity index (χ1) is 16.8. The van der Waals surface area contributed by atoms with Crippen LogP contribution in [0.25, 0.3) is 0 Å². The minimum absolute atomic E-state index is 1.21. The zero-order valence-electron chi connectivity index (χ0n) is 23.9. The molecule has 0 aliphatic carbocycles. The van der Waals surface area contributed by atoms with Crippen LogP contribution in [0, 0.1) is 0 Å². The third-order valence-electron chi connectivity index (χ3n) is 7.60. The van der Waals surface area contributed by atoms with Gasteiger partial charge in [-0.15, -0.1) is 0 Å². The van der Waals surface area contributed by atoms with Gasteiger partial charge in [0, 0.05) is 6.42 Å². The summed E-state index contributed by atoms with van der Waals surface area (Å²) in [5.41, 5.74) is 0. The topological polar surface area (TPSA) is 8.81 Å². The van der Waals surface area contributed by atoms with Crippen LogP contribution in [-0.4, -0.2) is 4.57 Å². The molecule has 2 heteroatoms. The Kier molecular flexibility index (Phi) is 22.0. The highest BCUT2D eigenvalue weighted by Gasteiger charge is 2.16. The Labute approximate surface area is 215 Å². The van der Waals surface area contributed by atoms with Crippen molar-refractivity contribution in [3.8, 4) is 0 Å². The van der Waals surface area contributed by atoms with Crippen LogP contribution in [-0.2, 0) is 19.5 Å². The minimum Gasteiger partial charge on any atom is -0.234 e. The summed E-state index contributed by atoms with van der Waals surface area (Å²) in [6.45, 7) is 9.36. The molecule has 0 saturated heterocycles. The van der Waals surface area contributed by atoms with Gasteiger partial charge in [-0.05, 0) is 32.1 Å². The third kappa shape index (κ3) is 16.8. The van der Waals surface area contributed by atoms with Crippen molar-refractivity contribution in [1.82, 2.24) is 4.57 Å². The fourth-order valence-corrected chi connectivity index (χ4v) is 5.26. The fourth-order valence-electron chi connectivity index (χ4n) is 5.26. The second kappa shape index (κ2) is 23.9. The van der Waals surface area contributed by atoms with Gasteiger partial charge in [0.2, 0.25) is 0 Å². The Balaban J connectivity index is 2.12. The largest absolute Gasteiger partial charge is 0.256 e. The number of imidazole rings is 1. The first kappa shape index (κ1) is 31.2. The molecule has 2 nitrogen and oxygen atoms in total. The predicted molar refractivity (Wildman–Crippen MR) is 152 cm³/mol. The Morgan fingerprint density at radius 1 is 0.500 bits per heavy atom. The quantitative estimate of drug-likeness (QED) is 0.0930. The number of hydrogen-bond acceptors (Lipinski definition) is 0. The number of unbranched alkanes of at least 4 members (excludes halogenated alkanes) is 20. The van der Waals surface area contributed by atoms with Gasteiger partial charge in [0.25, 0.3) is 5.82 Å². The van der Waals surface area contributed by atoms with E-state index in [2.05, 4.69) is 42.3 Å². The molecule has 0 N–H and O–H groups in total. The molecule has 1 rings (SSSR count). The van der Waals surface area contributed by atoms with E-state index >= 15 is 0 Å². The van der Waals surface area contributed by atoms with E-state index in [0.717, 1.165) is 0 Å². The Morgan fingerprint density at radius 2 is 0.912 bits per heavy atom. The summed E-state index contributed by atoms with van der Waals surface area (Å²) >= 11 is 0. The van der Waals surface area contributed by atoms with Gasteiger partial charge < -0.3 is 0 Å². The average Bonchev–Trinajstić information content (AvgIpc) is 3.23. The molecule has 1 aromatic rings. The average molecular weight is 476 g/mol. The van der Waals surface area contributed by atoms with Crippen molar-refractivity contribution in [3.63, 3.8) is 0 Å². The van der Waals surface area contributed by atoms with Crippen molar-refractivity contribution < 1.29 is 4.57 Å². The smallest absolute Gasteiger partial charge is 0.234 e. The molecule has 200 valence electrons. The van der Waals surface area contributed by atoms with Gasteiger partial charge in [0.05, 0.1) is 13.1 Å². The molecule has 0 spiro atoms. The van der Waals surface area contributed by atoms with Gasteiger partial charge in [-0.2, -0.15) is 0 Å². The number of hydrogen-bond donors (Lipinski definition) is 0. The van der Waals surface area contributed by atoms with Crippen molar-refractivity contribution in [2.24, 2.45) is 0 Å². The molecule has 1 aromatic heterocycles. The van der Waals surface area contributed by atoms with Crippen molar-refractivity contribution in [3.05, 3.63) is 18.2 Å². The van der Waals surface area contributed by atoms with Gasteiger partial charge >= 0.3 is 0 Å². The van der Waals surface area contributed by atoms with Gasteiger partial charge in [-0.25, -0.2) is 9.13 Å². The first-order valence-electron chi connectivity index (χ1n) is 15.9. The molecule has 0 aliphatic rings. The SMILES string of the molecule is CCCCCCCCCCCCCCCCCn1cc[n+](CCCCC)c1CCCCCCC. The number of aromatic nitrogens is 2. The van der Waals surface area contributed by atoms with Crippen LogP contribution in [0.2, 0.25) is 0 Å². The number of rotatable bonds is 26. The second-order valence-electron chi connectivity index (χ2n) is 10.9. The molecule has 34 heavy (non-hydrogen) atoms. The fraction of sp³-hybridized carbons (Fsp3) is 0.906. The van der Waals surface area contributed by atoms with E-state index in [4.69, 9.17) is 0 Å². The first-order valence-corrected chi connectivity index (χ1v) is 15.9. The number of nitrogens with zero attached hydrogens (tertiary/aromatic N) is 2. The molecular weight excluding hydrogens is 412 g/mol. The lowest BCUT2D eigenvalue weighted by atomic mass is 10.0. The van der Waals surface area contributed by atoms with Gasteiger partial charge in [0.15, 0.2) is 0 Å². The molecule has 0 atom stereocenters. The highest BCUT2D eigenvalue weighted by molar-refractivity contribution is 4.84. The Hall–Kier alpha value is -0.790. The van der Waals surface area contributed by atoms with E-state index in [9.17, 15) is 0 Å². The molecule has 0 fully saturated rings. The standard InChI is InChI=1S/C32H63N2/c1-4-7-10-12-13-14-15-16-17-18-19-20-21-23-26-29-34-31-30-33(28-25-9-6-3)32(34)27-24-22-11-8-5-2/h30-31H,4-29H2,1-3H3/q+1. The lowest BCUT2D eigenvalue weighted by molar-refractivity contribution is -0.704. The van der Waals surface area contributed by atoms with E-state index in [0.29, 0.717) is 0 Å². The normalized spacial score (nSPS) is 11.5. The molecule has 0 saturated carbocycles. The van der Waals surface area contributed by atoms with Crippen LogP contribution in [0.4, 0.5) is 0 Å². The van der Waals surface area contributed by atoms with Crippen molar-refractivity contribution >= 4 is 0 Å². The van der Waals surface area contributed by atoms with Gasteiger partial charge in [-0.3, -0.25) is 0 Å². The lowest BCUT2D eigenvalue weighted by Gasteiger charge is -2.06. The van der Waals surface area contributed by atoms with Crippen molar-refractivity contribution in [2.75, 3.05) is 0 Å². The molecule has 0 radical (unpaired) electrons. The van der Waals surface area contributed by atoms with Crippen LogP contribution < -0.4 is 4.57 Å². The van der Waals surface area contributed by atoms with E-state index < -0.39 is 0 Å². The van der Waals surface area contributed by atoms with Crippen LogP contribution in [0.3, 0.4) is 0 Å². The van der Waals surface area contributed by atoms with E-state index in [1.165, 1.54) is 167 Å². The summed E-state index contributed by atoms with van der Waals surface area (Å²) in [6, 6.07) is 0. The minimum atomic E-state index is 1.21. The zero-order valence-corrected chi connectivity index (χ0v) is 23.9. The summed E-state index contributed by atoms with van der Waals surface area (Å²) in [5.74, 6) is 1.60. The third-order valence-corrected chi connectivity index (χ3v) is 7.60. The summed E-state index contributed by atoms with van der Waals surface area (Å²) in [7, 11) is 0. The maximum Gasteiger partial charge on any atom is 0.256 e. The molecule has 1 heterocycles. The van der Waals surface area contributed by atoms with E-state index in [1.807, 2.05) is 0 Å². The zero-order chi connectivity index (χ0) is 24.5. The summed E-state index contributed by atoms with van der Waals surface area (Å²) in [5, 5.41) is 0. The maximum atomic E-state index is 2.59. The van der Waals surface area contributed by atoms with E-state index in [1.54, 1.807) is 5.82 Å². The summed E-state index contributed by atoms with van der Waals surface area (Å²) < 4.78 is 5.16. The highest BCUT2D eigenvalue weighted by Crippen LogP contribution is 2.14. The summed E-state index contributed by atoms with van der Waals surface area (Å²) in [4.78, 5) is 0. The van der Waals surface area contributed by atoms with Crippen LogP contribution in [0.1, 0.15) is 174 Å². The maximum absolute atomic E-state index is 2.59. The Bertz CT molecular complexity index is 533. The van der Waals surface area contributed by atoms with Crippen molar-refractivity contribution in [1.29, 1.82) is 0 Å². The summed E-state index contributed by atoms with van der Waals surface area (Å²) in [6.07, 6.45) is 38.6. The molecular formula is C32H63N2+. The van der Waals surface area contributed by atoms with Crippen LogP contribution >= 0.6 is 0 Å². The number of aryl methyl sites for hydroxylation is 2. The van der Waals surface area contributed by atoms with Crippen LogP contribution in [0.15, 0.2) is 12.4 Å². The second-order valence-corrected chi connectivity index (χ2v) is 10.9. The lowest BCUT2D eigenvalue weighted by Crippen LogP contribution is -2.37.